The van der Waals surface area contributed by atoms with E-state index < -0.39 is 0 Å². The number of hydrogen-bond acceptors (Lipinski definition) is 6. The number of amides is 2. The van der Waals surface area contributed by atoms with E-state index >= 15 is 0 Å². The predicted octanol–water partition coefficient (Wildman–Crippen LogP) is 3.73. The molecular weight excluding hydrogens is 464 g/mol. The lowest BCUT2D eigenvalue weighted by Crippen LogP contribution is -2.35. The number of pyridine rings is 1. The van der Waals surface area contributed by atoms with Gasteiger partial charge in [0.05, 0.1) is 12.6 Å². The van der Waals surface area contributed by atoms with Crippen LogP contribution in [0, 0.1) is 0 Å². The fourth-order valence-corrected chi connectivity index (χ4v) is 3.37. The largest absolute Gasteiger partial charge is 0.370 e. The molecule has 0 spiro atoms. The number of nitrogens with zero attached hydrogens (tertiary/aromatic N) is 1. The SMILES string of the molecule is CC.CNCC(=O)NC(CCN)c1ccc(-c2ccccc2)cc1.O=CNCCCNc1ccccn1. The van der Waals surface area contributed by atoms with Crippen molar-refractivity contribution >= 4 is 18.1 Å². The van der Waals surface area contributed by atoms with Crippen molar-refractivity contribution in [2.24, 2.45) is 5.73 Å². The van der Waals surface area contributed by atoms with Crippen LogP contribution in [0.5, 0.6) is 0 Å². The molecule has 200 valence electrons. The number of aromatic nitrogens is 1. The molecule has 1 unspecified atom stereocenters. The minimum absolute atomic E-state index is 0.0203. The van der Waals surface area contributed by atoms with Gasteiger partial charge in [-0.3, -0.25) is 9.59 Å². The first kappa shape index (κ1) is 31.3. The van der Waals surface area contributed by atoms with Gasteiger partial charge >= 0.3 is 0 Å². The average molecular weight is 507 g/mol. The molecule has 2 aromatic carbocycles. The van der Waals surface area contributed by atoms with Crippen LogP contribution < -0.4 is 27.0 Å². The smallest absolute Gasteiger partial charge is 0.234 e. The second-order valence-electron chi connectivity index (χ2n) is 7.78. The summed E-state index contributed by atoms with van der Waals surface area (Å²) in [5.41, 5.74) is 9.10. The van der Waals surface area contributed by atoms with Crippen LogP contribution in [0.25, 0.3) is 11.1 Å². The maximum absolute atomic E-state index is 11.8. The van der Waals surface area contributed by atoms with Gasteiger partial charge in [-0.2, -0.15) is 0 Å². The summed E-state index contributed by atoms with van der Waals surface area (Å²) < 4.78 is 0. The quantitative estimate of drug-likeness (QED) is 0.178. The van der Waals surface area contributed by atoms with Crippen LogP contribution in [-0.2, 0) is 9.59 Å². The molecule has 2 amide bonds. The fraction of sp³-hybridized carbons (Fsp3) is 0.345. The van der Waals surface area contributed by atoms with Gasteiger partial charge in [-0.25, -0.2) is 4.98 Å². The molecular formula is C29H42N6O2. The molecule has 0 aliphatic carbocycles. The number of benzene rings is 2. The first-order valence-electron chi connectivity index (χ1n) is 12.8. The summed E-state index contributed by atoms with van der Waals surface area (Å²) in [5, 5.41) is 11.6. The Balaban J connectivity index is 0.000000389. The first-order chi connectivity index (χ1) is 18.2. The lowest BCUT2D eigenvalue weighted by molar-refractivity contribution is -0.121. The Morgan fingerprint density at radius 1 is 0.946 bits per heavy atom. The van der Waals surface area contributed by atoms with Crippen LogP contribution in [0.4, 0.5) is 5.82 Å². The lowest BCUT2D eigenvalue weighted by atomic mass is 9.99. The van der Waals surface area contributed by atoms with Crippen molar-refractivity contribution in [3.8, 4) is 11.1 Å². The zero-order chi connectivity index (χ0) is 27.1. The first-order valence-corrected chi connectivity index (χ1v) is 12.8. The number of rotatable bonds is 13. The minimum Gasteiger partial charge on any atom is -0.370 e. The molecule has 1 aromatic heterocycles. The number of carbonyl (C=O) groups excluding carboxylic acids is 2. The third-order valence-electron chi connectivity index (χ3n) is 5.10. The number of nitrogens with one attached hydrogen (secondary N) is 4. The number of anilines is 1. The molecule has 1 heterocycles. The number of nitrogens with two attached hydrogens (primary N) is 1. The van der Waals surface area contributed by atoms with Crippen molar-refractivity contribution in [2.45, 2.75) is 32.7 Å². The van der Waals surface area contributed by atoms with Crippen LogP contribution >= 0.6 is 0 Å². The van der Waals surface area contributed by atoms with E-state index in [1.165, 1.54) is 5.56 Å². The molecule has 8 heteroatoms. The molecule has 0 aliphatic rings. The van der Waals surface area contributed by atoms with Crippen molar-refractivity contribution in [2.75, 3.05) is 38.5 Å². The Morgan fingerprint density at radius 2 is 1.62 bits per heavy atom. The molecule has 0 radical (unpaired) electrons. The maximum atomic E-state index is 11.8. The normalized spacial score (nSPS) is 10.5. The average Bonchev–Trinajstić information content (AvgIpc) is 2.95. The van der Waals surface area contributed by atoms with E-state index in [0.717, 1.165) is 36.3 Å². The third-order valence-corrected chi connectivity index (χ3v) is 5.10. The van der Waals surface area contributed by atoms with Gasteiger partial charge in [-0.1, -0.05) is 74.5 Å². The third kappa shape index (κ3) is 13.2. The van der Waals surface area contributed by atoms with E-state index in [-0.39, 0.29) is 11.9 Å². The van der Waals surface area contributed by atoms with Crippen LogP contribution in [0.1, 0.15) is 38.3 Å². The molecule has 1 atom stereocenters. The Morgan fingerprint density at radius 3 is 2.22 bits per heavy atom. The van der Waals surface area contributed by atoms with Crippen LogP contribution in [-0.4, -0.2) is 50.5 Å². The molecule has 0 saturated carbocycles. The summed E-state index contributed by atoms with van der Waals surface area (Å²) in [7, 11) is 1.76. The van der Waals surface area contributed by atoms with Crippen LogP contribution in [0.2, 0.25) is 0 Å². The Bertz CT molecular complexity index is 969. The molecule has 0 aliphatic heterocycles. The zero-order valence-corrected chi connectivity index (χ0v) is 22.2. The second-order valence-corrected chi connectivity index (χ2v) is 7.78. The van der Waals surface area contributed by atoms with E-state index in [0.29, 0.717) is 26.0 Å². The van der Waals surface area contributed by atoms with Crippen LogP contribution in [0.15, 0.2) is 79.0 Å². The van der Waals surface area contributed by atoms with Crippen molar-refractivity contribution in [1.29, 1.82) is 0 Å². The molecule has 0 saturated heterocycles. The minimum atomic E-state index is -0.0457. The van der Waals surface area contributed by atoms with Crippen LogP contribution in [0.3, 0.4) is 0 Å². The fourth-order valence-electron chi connectivity index (χ4n) is 3.37. The second kappa shape index (κ2) is 20.4. The van der Waals surface area contributed by atoms with E-state index in [9.17, 15) is 9.59 Å². The molecule has 6 N–H and O–H groups in total. The maximum Gasteiger partial charge on any atom is 0.234 e. The van der Waals surface area contributed by atoms with Gasteiger partial charge < -0.3 is 27.0 Å². The number of hydrogen-bond donors (Lipinski definition) is 5. The van der Waals surface area contributed by atoms with E-state index in [1.54, 1.807) is 13.2 Å². The van der Waals surface area contributed by atoms with E-state index in [4.69, 9.17) is 5.73 Å². The molecule has 3 aromatic rings. The van der Waals surface area contributed by atoms with Gasteiger partial charge in [0.2, 0.25) is 12.3 Å². The highest BCUT2D eigenvalue weighted by atomic mass is 16.2. The van der Waals surface area contributed by atoms with Gasteiger partial charge in [-0.15, -0.1) is 0 Å². The van der Waals surface area contributed by atoms with Crippen molar-refractivity contribution in [1.82, 2.24) is 20.9 Å². The van der Waals surface area contributed by atoms with Crippen molar-refractivity contribution < 1.29 is 9.59 Å². The summed E-state index contributed by atoms with van der Waals surface area (Å²) in [6, 6.07) is 24.2. The van der Waals surface area contributed by atoms with Gasteiger partial charge in [0.25, 0.3) is 0 Å². The number of likely N-dealkylation sites (N-methyl/N-ethyl adjacent to an activating group) is 1. The summed E-state index contributed by atoms with van der Waals surface area (Å²) in [6.45, 7) is 6.36. The van der Waals surface area contributed by atoms with E-state index in [2.05, 4.69) is 62.6 Å². The highest BCUT2D eigenvalue weighted by molar-refractivity contribution is 5.78. The van der Waals surface area contributed by atoms with Crippen molar-refractivity contribution in [3.63, 3.8) is 0 Å². The highest BCUT2D eigenvalue weighted by Crippen LogP contribution is 2.23. The predicted molar refractivity (Wildman–Crippen MR) is 153 cm³/mol. The lowest BCUT2D eigenvalue weighted by Gasteiger charge is -2.19. The summed E-state index contributed by atoms with van der Waals surface area (Å²) >= 11 is 0. The monoisotopic (exact) mass is 506 g/mol. The molecule has 37 heavy (non-hydrogen) atoms. The Labute approximate surface area is 221 Å². The van der Waals surface area contributed by atoms with Gasteiger partial charge in [-0.05, 0) is 55.3 Å². The standard InChI is InChI=1S/C18H23N3O.C9H13N3O.C2H6/c1-20-13-18(22)21-17(11-12-19)16-9-7-15(8-10-16)14-5-3-2-4-6-14;13-8-10-5-3-7-12-9-4-1-2-6-11-9;1-2/h2-10,17,20H,11-13,19H2,1H3,(H,21,22);1-2,4,6,8H,3,5,7H2,(H,10,13)(H,11,12);1-2H3. The van der Waals surface area contributed by atoms with Gasteiger partial charge in [0, 0.05) is 19.3 Å². The Kier molecular flexibility index (Phi) is 17.3. The summed E-state index contributed by atoms with van der Waals surface area (Å²) in [5.74, 6) is 0.849. The van der Waals surface area contributed by atoms with Crippen molar-refractivity contribution in [3.05, 3.63) is 84.6 Å². The molecule has 0 bridgehead atoms. The topological polar surface area (TPSA) is 121 Å². The summed E-state index contributed by atoms with van der Waals surface area (Å²) in [6.07, 6.45) is 4.07. The van der Waals surface area contributed by atoms with E-state index in [1.807, 2.05) is 50.2 Å². The molecule has 3 rings (SSSR count). The Hall–Kier alpha value is -3.75. The zero-order valence-electron chi connectivity index (χ0n) is 22.2. The molecule has 8 nitrogen and oxygen atoms in total. The molecule has 0 fully saturated rings. The summed E-state index contributed by atoms with van der Waals surface area (Å²) in [4.78, 5) is 25.8. The van der Waals surface area contributed by atoms with Gasteiger partial charge in [0.1, 0.15) is 5.82 Å². The number of carbonyl (C=O) groups is 2. The highest BCUT2D eigenvalue weighted by Gasteiger charge is 2.13. The van der Waals surface area contributed by atoms with Gasteiger partial charge in [0.15, 0.2) is 0 Å².